The van der Waals surface area contributed by atoms with Gasteiger partial charge in [-0.15, -0.1) is 0 Å². The van der Waals surface area contributed by atoms with Gasteiger partial charge in [0.2, 0.25) is 0 Å². The van der Waals surface area contributed by atoms with E-state index in [1.165, 1.54) is 0 Å². The number of allylic oxidation sites excluding steroid dienone is 1. The molecule has 1 heteroatoms. The van der Waals surface area contributed by atoms with Gasteiger partial charge in [0.1, 0.15) is 0 Å². The molecule has 0 saturated heterocycles. The number of hydrogen-bond acceptors (Lipinski definition) is 0. The van der Waals surface area contributed by atoms with Crippen molar-refractivity contribution in [2.24, 2.45) is 5.92 Å². The Morgan fingerprint density at radius 1 is 1.14 bits per heavy atom. The fourth-order valence-corrected chi connectivity index (χ4v) is 1.11. The van der Waals surface area contributed by atoms with Gasteiger partial charge in [0, 0.05) is 5.02 Å². The summed E-state index contributed by atoms with van der Waals surface area (Å²) < 4.78 is 0. The largest absolute Gasteiger partial charge is 0.0837 e. The van der Waals surface area contributed by atoms with Crippen LogP contribution in [0.1, 0.15) is 33.3 Å². The molecule has 0 bridgehead atoms. The van der Waals surface area contributed by atoms with E-state index in [0.29, 0.717) is 5.92 Å². The molecule has 0 spiro atoms. The van der Waals surface area contributed by atoms with Crippen LogP contribution in [0.2, 0.25) is 5.02 Å². The first kappa shape index (κ1) is 13.2. The predicted molar refractivity (Wildman–Crippen MR) is 66.7 cm³/mol. The lowest BCUT2D eigenvalue weighted by atomic mass is 10.1. The Bertz CT molecular complexity index is 274. The maximum Gasteiger partial charge on any atom is 0.0478 e. The summed E-state index contributed by atoms with van der Waals surface area (Å²) >= 11 is 5.96. The summed E-state index contributed by atoms with van der Waals surface area (Å²) in [5.74, 6) is 0.571. The zero-order chi connectivity index (χ0) is 11.0. The van der Waals surface area contributed by atoms with Crippen molar-refractivity contribution in [2.45, 2.75) is 27.7 Å². The number of hydrogen-bond donors (Lipinski definition) is 0. The van der Waals surface area contributed by atoms with E-state index >= 15 is 0 Å². The Morgan fingerprint density at radius 3 is 2.21 bits per heavy atom. The highest BCUT2D eigenvalue weighted by Crippen LogP contribution is 2.16. The molecular formula is C13H19Cl. The molecule has 0 aliphatic heterocycles. The molecule has 0 saturated carbocycles. The van der Waals surface area contributed by atoms with E-state index in [-0.39, 0.29) is 0 Å². The molecule has 0 atom stereocenters. The lowest BCUT2D eigenvalue weighted by Crippen LogP contribution is -1.78. The van der Waals surface area contributed by atoms with Crippen LogP contribution in [0.3, 0.4) is 0 Å². The Hall–Kier alpha value is -0.750. The first-order valence-corrected chi connectivity index (χ1v) is 5.50. The van der Waals surface area contributed by atoms with E-state index in [4.69, 9.17) is 11.6 Å². The molecule has 0 radical (unpaired) electrons. The van der Waals surface area contributed by atoms with Crippen LogP contribution in [-0.2, 0) is 0 Å². The summed E-state index contributed by atoms with van der Waals surface area (Å²) in [7, 11) is 0. The summed E-state index contributed by atoms with van der Waals surface area (Å²) in [4.78, 5) is 0. The Morgan fingerprint density at radius 2 is 1.71 bits per heavy atom. The zero-order valence-electron chi connectivity index (χ0n) is 9.42. The number of benzene rings is 1. The summed E-state index contributed by atoms with van der Waals surface area (Å²) in [5.41, 5.74) is 1.09. The molecule has 1 rings (SSSR count). The minimum absolute atomic E-state index is 0.571. The van der Waals surface area contributed by atoms with Crippen molar-refractivity contribution >= 4 is 17.7 Å². The average Bonchev–Trinajstić information content (AvgIpc) is 2.19. The lowest BCUT2D eigenvalue weighted by molar-refractivity contribution is 0.836. The molecule has 1 aromatic carbocycles. The molecule has 0 heterocycles. The fourth-order valence-electron chi connectivity index (χ4n) is 0.906. The molecule has 0 fully saturated rings. The third kappa shape index (κ3) is 5.08. The SMILES string of the molecule is CC.CC(C)/C=C/c1ccccc1Cl. The first-order valence-electron chi connectivity index (χ1n) is 5.13. The van der Waals surface area contributed by atoms with Gasteiger partial charge in [-0.25, -0.2) is 0 Å². The molecular weight excluding hydrogens is 192 g/mol. The molecule has 0 unspecified atom stereocenters. The predicted octanol–water partition coefficient (Wildman–Crippen LogP) is 5.04. The van der Waals surface area contributed by atoms with Gasteiger partial charge in [0.25, 0.3) is 0 Å². The number of rotatable bonds is 2. The minimum Gasteiger partial charge on any atom is -0.0837 e. The van der Waals surface area contributed by atoms with E-state index < -0.39 is 0 Å². The van der Waals surface area contributed by atoms with E-state index in [1.54, 1.807) is 0 Å². The fraction of sp³-hybridized carbons (Fsp3) is 0.385. The number of halogens is 1. The van der Waals surface area contributed by atoms with Crippen LogP contribution in [0, 0.1) is 5.92 Å². The van der Waals surface area contributed by atoms with Gasteiger partial charge in [-0.05, 0) is 17.5 Å². The second-order valence-corrected chi connectivity index (χ2v) is 3.53. The highest BCUT2D eigenvalue weighted by atomic mass is 35.5. The second-order valence-electron chi connectivity index (χ2n) is 3.12. The van der Waals surface area contributed by atoms with Gasteiger partial charge < -0.3 is 0 Å². The van der Waals surface area contributed by atoms with Gasteiger partial charge in [0.05, 0.1) is 0 Å². The van der Waals surface area contributed by atoms with Crippen molar-refractivity contribution in [3.63, 3.8) is 0 Å². The Balaban J connectivity index is 0.000000791. The van der Waals surface area contributed by atoms with E-state index in [9.17, 15) is 0 Å². The van der Waals surface area contributed by atoms with Crippen LogP contribution in [0.15, 0.2) is 30.3 Å². The zero-order valence-corrected chi connectivity index (χ0v) is 10.2. The molecule has 0 aromatic heterocycles. The quantitative estimate of drug-likeness (QED) is 0.642. The highest BCUT2D eigenvalue weighted by Gasteiger charge is 1.92. The van der Waals surface area contributed by atoms with Crippen LogP contribution >= 0.6 is 11.6 Å². The third-order valence-electron chi connectivity index (χ3n) is 1.57. The van der Waals surface area contributed by atoms with Crippen LogP contribution in [0.4, 0.5) is 0 Å². The van der Waals surface area contributed by atoms with Crippen molar-refractivity contribution in [1.82, 2.24) is 0 Å². The summed E-state index contributed by atoms with van der Waals surface area (Å²) in [6.07, 6.45) is 4.20. The summed E-state index contributed by atoms with van der Waals surface area (Å²) in [6.45, 7) is 8.29. The minimum atomic E-state index is 0.571. The Labute approximate surface area is 92.6 Å². The van der Waals surface area contributed by atoms with Crippen LogP contribution in [-0.4, -0.2) is 0 Å². The van der Waals surface area contributed by atoms with Gasteiger partial charge in [-0.3, -0.25) is 0 Å². The molecule has 0 nitrogen and oxygen atoms in total. The van der Waals surface area contributed by atoms with Gasteiger partial charge >= 0.3 is 0 Å². The van der Waals surface area contributed by atoms with Crippen LogP contribution in [0.25, 0.3) is 6.08 Å². The molecule has 1 aromatic rings. The van der Waals surface area contributed by atoms with E-state index in [0.717, 1.165) is 10.6 Å². The van der Waals surface area contributed by atoms with E-state index in [2.05, 4.69) is 26.0 Å². The lowest BCUT2D eigenvalue weighted by Gasteiger charge is -1.97. The third-order valence-corrected chi connectivity index (χ3v) is 1.91. The van der Waals surface area contributed by atoms with Crippen molar-refractivity contribution < 1.29 is 0 Å². The van der Waals surface area contributed by atoms with Gasteiger partial charge in [0.15, 0.2) is 0 Å². The van der Waals surface area contributed by atoms with E-state index in [1.807, 2.05) is 38.1 Å². The van der Waals surface area contributed by atoms with Gasteiger partial charge in [-0.1, -0.05) is 69.6 Å². The average molecular weight is 211 g/mol. The summed E-state index contributed by atoms with van der Waals surface area (Å²) in [5, 5.41) is 0.814. The molecule has 78 valence electrons. The monoisotopic (exact) mass is 210 g/mol. The molecule has 0 aliphatic rings. The Kier molecular flexibility index (Phi) is 7.23. The standard InChI is InChI=1S/C11H13Cl.C2H6/c1-9(2)7-8-10-5-3-4-6-11(10)12;1-2/h3-9H,1-2H3;1-2H3/b8-7+;. The van der Waals surface area contributed by atoms with Crippen molar-refractivity contribution in [1.29, 1.82) is 0 Å². The first-order chi connectivity index (χ1) is 6.70. The second kappa shape index (κ2) is 7.64. The van der Waals surface area contributed by atoms with Crippen molar-refractivity contribution in [2.75, 3.05) is 0 Å². The van der Waals surface area contributed by atoms with Crippen LogP contribution < -0.4 is 0 Å². The van der Waals surface area contributed by atoms with Gasteiger partial charge in [-0.2, -0.15) is 0 Å². The molecule has 0 N–H and O–H groups in total. The smallest absolute Gasteiger partial charge is 0.0478 e. The molecule has 0 amide bonds. The van der Waals surface area contributed by atoms with Crippen molar-refractivity contribution in [3.05, 3.63) is 40.9 Å². The highest BCUT2D eigenvalue weighted by molar-refractivity contribution is 6.32. The molecule has 14 heavy (non-hydrogen) atoms. The molecule has 0 aliphatic carbocycles. The van der Waals surface area contributed by atoms with Crippen LogP contribution in [0.5, 0.6) is 0 Å². The summed E-state index contributed by atoms with van der Waals surface area (Å²) in [6, 6.07) is 7.85. The normalized spacial score (nSPS) is 10.1. The maximum atomic E-state index is 5.96. The van der Waals surface area contributed by atoms with Crippen molar-refractivity contribution in [3.8, 4) is 0 Å². The topological polar surface area (TPSA) is 0 Å². The maximum absolute atomic E-state index is 5.96.